The number of nitriles is 1. The number of nitrogens with one attached hydrogen (secondary N) is 2. The number of aryl methyl sites for hydroxylation is 1. The number of oxazole rings is 1. The van der Waals surface area contributed by atoms with Crippen molar-refractivity contribution >= 4 is 52.3 Å². The van der Waals surface area contributed by atoms with Crippen LogP contribution in [0.25, 0.3) is 11.3 Å². The van der Waals surface area contributed by atoms with E-state index in [4.69, 9.17) is 26.1 Å². The molecule has 2 saturated heterocycles. The quantitative estimate of drug-likeness (QED) is 0.0974. The van der Waals surface area contributed by atoms with Gasteiger partial charge in [-0.1, -0.05) is 45.0 Å². The molecule has 4 atom stereocenters. The number of alkyl halides is 3. The van der Waals surface area contributed by atoms with E-state index in [1.807, 2.05) is 58.9 Å². The van der Waals surface area contributed by atoms with Gasteiger partial charge in [-0.25, -0.2) is 4.98 Å². The first-order valence-electron chi connectivity index (χ1n) is 24.1. The molecular weight excluding hydrogens is 952 g/mol. The van der Waals surface area contributed by atoms with Gasteiger partial charge in [-0.15, -0.1) is 0 Å². The highest BCUT2D eigenvalue weighted by molar-refractivity contribution is 7.81. The average Bonchev–Trinajstić information content (AvgIpc) is 3.96. The van der Waals surface area contributed by atoms with Crippen molar-refractivity contribution in [2.75, 3.05) is 36.2 Å². The Morgan fingerprint density at radius 1 is 0.972 bits per heavy atom. The van der Waals surface area contributed by atoms with Gasteiger partial charge in [0.2, 0.25) is 17.7 Å². The summed E-state index contributed by atoms with van der Waals surface area (Å²) in [6.45, 7) is 13.1. The zero-order valence-electron chi connectivity index (χ0n) is 41.3. The van der Waals surface area contributed by atoms with Crippen LogP contribution in [0.3, 0.4) is 0 Å². The smallest absolute Gasteiger partial charge is 0.417 e. The molecule has 3 aromatic carbocycles. The van der Waals surface area contributed by atoms with Crippen molar-refractivity contribution in [3.63, 3.8) is 0 Å². The molecule has 4 aromatic rings. The van der Waals surface area contributed by atoms with Gasteiger partial charge < -0.3 is 39.4 Å². The predicted octanol–water partition coefficient (Wildman–Crippen LogP) is 8.03. The van der Waals surface area contributed by atoms with Crippen LogP contribution in [0, 0.1) is 40.9 Å². The number of β-amino-alcohol motifs (C(OH)–C–C–N with tert-alkyl or cyclic N) is 1. The van der Waals surface area contributed by atoms with E-state index in [0.29, 0.717) is 42.2 Å². The number of carbonyl (C=O) groups is 4. The summed E-state index contributed by atoms with van der Waals surface area (Å²) >= 11 is 5.66. The number of anilines is 2. The zero-order valence-corrected chi connectivity index (χ0v) is 42.2. The van der Waals surface area contributed by atoms with Crippen LogP contribution in [0.1, 0.15) is 102 Å². The van der Waals surface area contributed by atoms with Crippen molar-refractivity contribution in [1.82, 2.24) is 20.5 Å². The lowest BCUT2D eigenvalue weighted by Crippen LogP contribution is -2.58. The van der Waals surface area contributed by atoms with Crippen molar-refractivity contribution in [3.8, 4) is 23.1 Å². The number of ether oxygens (including phenoxy) is 2. The number of likely N-dealkylation sites (tertiary alicyclic amines) is 1. The lowest BCUT2D eigenvalue weighted by Gasteiger charge is -2.57. The number of benzene rings is 3. The van der Waals surface area contributed by atoms with Crippen molar-refractivity contribution in [2.45, 2.75) is 117 Å². The van der Waals surface area contributed by atoms with Crippen molar-refractivity contribution in [1.29, 1.82) is 5.26 Å². The molecule has 15 nitrogen and oxygen atoms in total. The molecule has 2 aliphatic heterocycles. The minimum Gasteiger partial charge on any atom is -0.493 e. The highest BCUT2D eigenvalue weighted by atomic mass is 32.1. The van der Waals surface area contributed by atoms with Gasteiger partial charge in [0.1, 0.15) is 30.0 Å². The predicted molar refractivity (Wildman–Crippen MR) is 264 cm³/mol. The summed E-state index contributed by atoms with van der Waals surface area (Å²) in [5, 5.41) is 25.8. The fourth-order valence-corrected chi connectivity index (χ4v) is 11.3. The number of hydrogen-bond acceptors (Lipinski definition) is 11. The monoisotopic (exact) mass is 1010 g/mol. The Morgan fingerprint density at radius 2 is 1.61 bits per heavy atom. The third-order valence-corrected chi connectivity index (χ3v) is 14.8. The molecule has 8 rings (SSSR count). The molecular formula is C53H60F3N7O8S. The maximum atomic E-state index is 14.1. The number of aromatic nitrogens is 1. The number of thiocarbonyl (C=S) groups is 1. The Balaban J connectivity index is 0.764. The molecule has 382 valence electrons. The topological polar surface area (TPSA) is 191 Å². The maximum Gasteiger partial charge on any atom is 0.417 e. The van der Waals surface area contributed by atoms with E-state index in [2.05, 4.69) is 15.6 Å². The summed E-state index contributed by atoms with van der Waals surface area (Å²) < 4.78 is 58.8. The number of aliphatic hydroxyl groups excluding tert-OH is 1. The standard InChI is InChI=1S/C53H60F3N7O8S/c1-30(34-8-10-35(11-9-34)44-31(2)58-29-71-44)59-46(66)42-19-39(64)25-61(42)47(67)45(50(3,4)5)60-43(65)28-69-26-32-20-52(21-32)22-33(23-52)27-70-40-16-14-37(15-17-40)63-49(72)62(48(68)51(63,6)7)38-13-12-36(24-57)41(18-38)53(54,55)56/h8-18,29-30,32-33,39,42,45,64H,19-23,25-28H2,1-7H3,(H,59,66)(H,60,65)/t30-,32-,33-,39+,42-,45?,52?/m0/s1. The molecule has 4 amide bonds. The van der Waals surface area contributed by atoms with Gasteiger partial charge >= 0.3 is 6.18 Å². The summed E-state index contributed by atoms with van der Waals surface area (Å²) in [4.78, 5) is 62.9. The summed E-state index contributed by atoms with van der Waals surface area (Å²) in [7, 11) is 0. The van der Waals surface area contributed by atoms with Crippen LogP contribution in [0.5, 0.6) is 5.75 Å². The summed E-state index contributed by atoms with van der Waals surface area (Å²) in [5.74, 6) is 0.125. The normalized spacial score (nSPS) is 23.6. The molecule has 1 spiro atoms. The number of halogens is 3. The number of aliphatic hydroxyl groups is 1. The summed E-state index contributed by atoms with van der Waals surface area (Å²) in [5.41, 5.74) is -0.481. The van der Waals surface area contributed by atoms with Gasteiger partial charge in [0.05, 0.1) is 53.9 Å². The van der Waals surface area contributed by atoms with Crippen LogP contribution >= 0.6 is 12.2 Å². The summed E-state index contributed by atoms with van der Waals surface area (Å²) in [6.07, 6.45) is -0.309. The van der Waals surface area contributed by atoms with Crippen LogP contribution in [-0.2, 0) is 30.1 Å². The van der Waals surface area contributed by atoms with Gasteiger partial charge in [0.15, 0.2) is 17.3 Å². The van der Waals surface area contributed by atoms with Crippen molar-refractivity contribution in [2.24, 2.45) is 22.7 Å². The molecule has 2 saturated carbocycles. The molecule has 72 heavy (non-hydrogen) atoms. The van der Waals surface area contributed by atoms with Gasteiger partial charge in [-0.05, 0) is 136 Å². The first-order valence-corrected chi connectivity index (χ1v) is 24.5. The van der Waals surface area contributed by atoms with Gasteiger partial charge in [0.25, 0.3) is 5.91 Å². The third-order valence-electron chi connectivity index (χ3n) is 14.5. The van der Waals surface area contributed by atoms with Crippen LogP contribution in [0.2, 0.25) is 0 Å². The highest BCUT2D eigenvalue weighted by Crippen LogP contribution is 2.61. The minimum atomic E-state index is -4.80. The molecule has 4 aliphatic rings. The van der Waals surface area contributed by atoms with E-state index in [9.17, 15) is 42.7 Å². The zero-order chi connectivity index (χ0) is 52.1. The number of amides is 4. The number of nitrogens with zero attached hydrogens (tertiary/aromatic N) is 5. The van der Waals surface area contributed by atoms with E-state index >= 15 is 0 Å². The largest absolute Gasteiger partial charge is 0.493 e. The Bertz CT molecular complexity index is 2750. The van der Waals surface area contributed by atoms with Crippen molar-refractivity contribution < 1.29 is 51.3 Å². The molecule has 2 aliphatic carbocycles. The van der Waals surface area contributed by atoms with E-state index in [1.54, 1.807) is 49.1 Å². The number of carbonyl (C=O) groups excluding carboxylic acids is 4. The van der Waals surface area contributed by atoms with Crippen LogP contribution in [0.15, 0.2) is 77.5 Å². The molecule has 0 radical (unpaired) electrons. The Kier molecular flexibility index (Phi) is 14.4. The van der Waals surface area contributed by atoms with Crippen LogP contribution in [0.4, 0.5) is 24.5 Å². The fourth-order valence-electron chi connectivity index (χ4n) is 10.8. The SMILES string of the molecule is Cc1ncoc1-c1ccc([C@H](C)NC(=O)[C@@H]2C[C@@H](O)CN2C(=O)C(NC(=O)COC[C@H]2CC3(C2)C[C@H](COc2ccc(N4C(=S)N(c5ccc(C#N)c(C(F)(F)F)c5)C(=O)C4(C)C)cc2)C3)C(C)(C)C)cc1. The first kappa shape index (κ1) is 52.0. The third kappa shape index (κ3) is 10.6. The Morgan fingerprint density at radius 3 is 2.21 bits per heavy atom. The lowest BCUT2D eigenvalue weighted by molar-refractivity contribution is -0.145. The fraction of sp³-hybridized carbons (Fsp3) is 0.491. The number of hydrogen-bond donors (Lipinski definition) is 3. The molecule has 0 bridgehead atoms. The Hall–Kier alpha value is -6.36. The average molecular weight is 1010 g/mol. The molecule has 3 N–H and O–H groups in total. The molecule has 19 heteroatoms. The Labute approximate surface area is 422 Å². The molecule has 4 fully saturated rings. The van der Waals surface area contributed by atoms with Crippen molar-refractivity contribution in [3.05, 3.63) is 95.5 Å². The number of rotatable bonds is 15. The van der Waals surface area contributed by atoms with E-state index in [0.717, 1.165) is 59.5 Å². The lowest BCUT2D eigenvalue weighted by atomic mass is 9.48. The molecule has 3 heterocycles. The van der Waals surface area contributed by atoms with E-state index < -0.39 is 76.1 Å². The van der Waals surface area contributed by atoms with E-state index in [1.165, 1.54) is 17.4 Å². The van der Waals surface area contributed by atoms with Gasteiger partial charge in [-0.3, -0.25) is 24.1 Å². The highest BCUT2D eigenvalue weighted by Gasteiger charge is 2.53. The van der Waals surface area contributed by atoms with Crippen LogP contribution in [-0.4, -0.2) is 93.8 Å². The first-order chi connectivity index (χ1) is 33.9. The summed E-state index contributed by atoms with van der Waals surface area (Å²) in [6, 6.07) is 16.9. The minimum absolute atomic E-state index is 0.00677. The van der Waals surface area contributed by atoms with Crippen LogP contribution < -0.4 is 25.2 Å². The van der Waals surface area contributed by atoms with E-state index in [-0.39, 0.29) is 35.8 Å². The molecule has 1 aromatic heterocycles. The maximum absolute atomic E-state index is 14.1. The second-order valence-electron chi connectivity index (χ2n) is 21.4. The molecule has 1 unspecified atom stereocenters. The van der Waals surface area contributed by atoms with Gasteiger partial charge in [0, 0.05) is 24.2 Å². The van der Waals surface area contributed by atoms with Gasteiger partial charge in [-0.2, -0.15) is 18.4 Å². The second kappa shape index (κ2) is 19.9. The second-order valence-corrected chi connectivity index (χ2v) is 21.8.